The van der Waals surface area contributed by atoms with Gasteiger partial charge < -0.3 is 29.8 Å². The zero-order chi connectivity index (χ0) is 26.9. The van der Waals surface area contributed by atoms with E-state index in [4.69, 9.17) is 9.47 Å². The molecule has 38 heavy (non-hydrogen) atoms. The molecule has 3 amide bonds. The van der Waals surface area contributed by atoms with E-state index < -0.39 is 23.4 Å². The smallest absolute Gasteiger partial charge is 0.410 e. The number of benzene rings is 2. The van der Waals surface area contributed by atoms with Gasteiger partial charge in [-0.2, -0.15) is 0 Å². The summed E-state index contributed by atoms with van der Waals surface area (Å²) in [7, 11) is 1.60. The van der Waals surface area contributed by atoms with E-state index in [-0.39, 0.29) is 24.9 Å². The van der Waals surface area contributed by atoms with Gasteiger partial charge in [0.1, 0.15) is 18.2 Å². The third-order valence-corrected chi connectivity index (χ3v) is 7.60. The molecule has 0 bridgehead atoms. The normalized spacial score (nSPS) is 18.2. The van der Waals surface area contributed by atoms with Crippen LogP contribution in [0.5, 0.6) is 5.75 Å². The lowest BCUT2D eigenvalue weighted by molar-refractivity contribution is 0.0393. The van der Waals surface area contributed by atoms with Crippen molar-refractivity contribution in [1.29, 1.82) is 0 Å². The molecule has 2 aliphatic heterocycles. The number of piperidine rings is 1. The van der Waals surface area contributed by atoms with E-state index in [1.807, 2.05) is 18.2 Å². The topological polar surface area (TPSA) is 107 Å². The minimum absolute atomic E-state index is 0.0568. The Morgan fingerprint density at radius 1 is 1.26 bits per heavy atom. The number of urea groups is 1. The number of methoxy groups -OCH3 is 1. The molecule has 0 radical (unpaired) electrons. The first-order chi connectivity index (χ1) is 18.4. The fourth-order valence-corrected chi connectivity index (χ4v) is 5.71. The van der Waals surface area contributed by atoms with Crippen molar-refractivity contribution in [2.24, 2.45) is 0 Å². The molecule has 0 aliphatic carbocycles. The zero-order valence-electron chi connectivity index (χ0n) is 21.2. The van der Waals surface area contributed by atoms with Gasteiger partial charge in [-0.25, -0.2) is 14.0 Å². The van der Waals surface area contributed by atoms with Crippen molar-refractivity contribution in [3.63, 3.8) is 0 Å². The summed E-state index contributed by atoms with van der Waals surface area (Å²) >= 11 is 0. The van der Waals surface area contributed by atoms with Gasteiger partial charge in [-0.15, -0.1) is 0 Å². The quantitative estimate of drug-likeness (QED) is 0.426. The second-order valence-corrected chi connectivity index (χ2v) is 9.69. The number of aromatic amines is 1. The summed E-state index contributed by atoms with van der Waals surface area (Å²) in [5.74, 6) is 0.191. The summed E-state index contributed by atoms with van der Waals surface area (Å²) in [6.45, 7) is 4.52. The Labute approximate surface area is 219 Å². The van der Waals surface area contributed by atoms with Crippen LogP contribution in [0.25, 0.3) is 10.9 Å². The van der Waals surface area contributed by atoms with Gasteiger partial charge in [-0.3, -0.25) is 4.90 Å². The highest BCUT2D eigenvalue weighted by Gasteiger charge is 2.49. The number of nitrogens with one attached hydrogen (secondary N) is 2. The molecule has 0 saturated carbocycles. The molecular weight excluding hydrogens is 491 g/mol. The molecule has 5 rings (SSSR count). The summed E-state index contributed by atoms with van der Waals surface area (Å²) in [5.41, 5.74) is 2.27. The SMILES string of the molecule is C=CCOC(=O)N1CC2(CCN(C(=O)Nc3ccccc3F)CC2)c2c([nH]c3cc(OC)ccc23)[C@@H]1CO. The minimum atomic E-state index is -0.617. The Morgan fingerprint density at radius 2 is 2.03 bits per heavy atom. The molecule has 1 saturated heterocycles. The Bertz CT molecular complexity index is 1360. The number of halogens is 1. The van der Waals surface area contributed by atoms with Crippen LogP contribution in [-0.4, -0.2) is 72.0 Å². The standard InChI is InChI=1S/C28H31FN4O5/c1-3-14-38-27(36)33-17-28(10-12-32(13-11-28)26(35)31-21-7-5-4-6-20(21)29)24-19-9-8-18(37-2)15-22(19)30-25(24)23(33)16-34/h3-9,15,23,30,34H,1,10-14,16-17H2,2H3,(H,31,35)/t23-/m0/s1. The lowest BCUT2D eigenvalue weighted by Crippen LogP contribution is -2.56. The maximum atomic E-state index is 14.1. The highest BCUT2D eigenvalue weighted by molar-refractivity contribution is 5.90. The van der Waals surface area contributed by atoms with Crippen molar-refractivity contribution in [2.75, 3.05) is 45.3 Å². The maximum Gasteiger partial charge on any atom is 0.410 e. The Kier molecular flexibility index (Phi) is 6.98. The van der Waals surface area contributed by atoms with Gasteiger partial charge in [0.2, 0.25) is 0 Å². The van der Waals surface area contributed by atoms with Crippen LogP contribution in [0.3, 0.4) is 0 Å². The lowest BCUT2D eigenvalue weighted by Gasteiger charge is -2.49. The predicted molar refractivity (Wildman–Crippen MR) is 141 cm³/mol. The number of hydrogen-bond donors (Lipinski definition) is 3. The monoisotopic (exact) mass is 522 g/mol. The first-order valence-electron chi connectivity index (χ1n) is 12.6. The van der Waals surface area contributed by atoms with Gasteiger partial charge in [0.15, 0.2) is 0 Å². The molecule has 0 unspecified atom stereocenters. The van der Waals surface area contributed by atoms with Gasteiger partial charge in [0, 0.05) is 47.7 Å². The number of para-hydroxylation sites is 1. The van der Waals surface area contributed by atoms with Gasteiger partial charge in [-0.1, -0.05) is 24.8 Å². The molecule has 10 heteroatoms. The van der Waals surface area contributed by atoms with Crippen LogP contribution < -0.4 is 10.1 Å². The van der Waals surface area contributed by atoms with Crippen molar-refractivity contribution < 1.29 is 28.6 Å². The lowest BCUT2D eigenvalue weighted by atomic mass is 9.68. The number of aliphatic hydroxyl groups is 1. The summed E-state index contributed by atoms with van der Waals surface area (Å²) in [6, 6.07) is 10.8. The molecule has 3 heterocycles. The van der Waals surface area contributed by atoms with Gasteiger partial charge in [-0.05, 0) is 42.7 Å². The van der Waals surface area contributed by atoms with E-state index in [0.29, 0.717) is 38.2 Å². The molecule has 2 aliphatic rings. The second kappa shape index (κ2) is 10.4. The molecule has 200 valence electrons. The number of aromatic nitrogens is 1. The van der Waals surface area contributed by atoms with Gasteiger partial charge in [0.05, 0.1) is 25.4 Å². The zero-order valence-corrected chi connectivity index (χ0v) is 21.2. The number of rotatable bonds is 5. The van der Waals surface area contributed by atoms with Crippen molar-refractivity contribution in [1.82, 2.24) is 14.8 Å². The Morgan fingerprint density at radius 3 is 2.71 bits per heavy atom. The van der Waals surface area contributed by atoms with Crippen LogP contribution in [0.4, 0.5) is 19.7 Å². The number of amides is 3. The number of anilines is 1. The predicted octanol–water partition coefficient (Wildman–Crippen LogP) is 4.55. The fourth-order valence-electron chi connectivity index (χ4n) is 5.71. The van der Waals surface area contributed by atoms with Gasteiger partial charge >= 0.3 is 12.1 Å². The van der Waals surface area contributed by atoms with Crippen molar-refractivity contribution in [3.8, 4) is 5.75 Å². The van der Waals surface area contributed by atoms with E-state index >= 15 is 0 Å². The van der Waals surface area contributed by atoms with Crippen LogP contribution in [0, 0.1) is 5.82 Å². The molecule has 9 nitrogen and oxygen atoms in total. The number of ether oxygens (including phenoxy) is 2. The maximum absolute atomic E-state index is 14.1. The Hall–Kier alpha value is -4.05. The average molecular weight is 523 g/mol. The highest BCUT2D eigenvalue weighted by atomic mass is 19.1. The summed E-state index contributed by atoms with van der Waals surface area (Å²) in [5, 5.41) is 14.0. The van der Waals surface area contributed by atoms with Crippen LogP contribution in [0.2, 0.25) is 0 Å². The summed E-state index contributed by atoms with van der Waals surface area (Å²) < 4.78 is 24.9. The number of carbonyl (C=O) groups is 2. The Balaban J connectivity index is 1.48. The number of likely N-dealkylation sites (tertiary alicyclic amines) is 1. The largest absolute Gasteiger partial charge is 0.497 e. The molecule has 2 aromatic carbocycles. The number of carbonyl (C=O) groups excluding carboxylic acids is 2. The summed E-state index contributed by atoms with van der Waals surface area (Å²) in [4.78, 5) is 32.7. The highest BCUT2D eigenvalue weighted by Crippen LogP contribution is 2.49. The third kappa shape index (κ3) is 4.45. The third-order valence-electron chi connectivity index (χ3n) is 7.60. The van der Waals surface area contributed by atoms with Crippen LogP contribution in [0.1, 0.15) is 30.1 Å². The van der Waals surface area contributed by atoms with E-state index in [2.05, 4.69) is 16.9 Å². The number of fused-ring (bicyclic) bond motifs is 4. The molecule has 1 fully saturated rings. The van der Waals surface area contributed by atoms with E-state index in [0.717, 1.165) is 22.2 Å². The fraction of sp³-hybridized carbons (Fsp3) is 0.357. The molecular formula is C28H31FN4O5. The van der Waals surface area contributed by atoms with E-state index in [1.165, 1.54) is 18.2 Å². The molecule has 1 aromatic heterocycles. The van der Waals surface area contributed by atoms with Crippen molar-refractivity contribution in [2.45, 2.75) is 24.3 Å². The van der Waals surface area contributed by atoms with Crippen LogP contribution in [0.15, 0.2) is 55.1 Å². The minimum Gasteiger partial charge on any atom is -0.497 e. The molecule has 3 aromatic rings. The number of nitrogens with zero attached hydrogens (tertiary/aromatic N) is 2. The van der Waals surface area contributed by atoms with Crippen LogP contribution >= 0.6 is 0 Å². The van der Waals surface area contributed by atoms with Crippen LogP contribution in [-0.2, 0) is 10.2 Å². The second-order valence-electron chi connectivity index (χ2n) is 9.69. The summed E-state index contributed by atoms with van der Waals surface area (Å²) in [6.07, 6.45) is 2.09. The molecule has 1 spiro atoms. The van der Waals surface area contributed by atoms with Gasteiger partial charge in [0.25, 0.3) is 0 Å². The van der Waals surface area contributed by atoms with Crippen molar-refractivity contribution in [3.05, 3.63) is 72.2 Å². The van der Waals surface area contributed by atoms with E-state index in [1.54, 1.807) is 29.0 Å². The first-order valence-corrected chi connectivity index (χ1v) is 12.6. The number of H-pyrrole nitrogens is 1. The van der Waals surface area contributed by atoms with E-state index in [9.17, 15) is 19.1 Å². The first kappa shape index (κ1) is 25.6. The molecule has 1 atom stereocenters. The average Bonchev–Trinajstić information content (AvgIpc) is 3.32. The number of aliphatic hydroxyl groups excluding tert-OH is 1. The number of hydrogen-bond acceptors (Lipinski definition) is 5. The molecule has 3 N–H and O–H groups in total. The van der Waals surface area contributed by atoms with Crippen molar-refractivity contribution >= 4 is 28.7 Å².